The van der Waals surface area contributed by atoms with Gasteiger partial charge in [0.05, 0.1) is 12.0 Å². The number of aromatic amines is 2. The average molecular weight is 384 g/mol. The van der Waals surface area contributed by atoms with Crippen LogP contribution in [-0.4, -0.2) is 27.1 Å². The molecular formula is C13H10BrN3O6. The predicted molar refractivity (Wildman–Crippen MR) is 85.6 cm³/mol. The molecular weight excluding hydrogens is 374 g/mol. The van der Waals surface area contributed by atoms with Crippen LogP contribution in [0, 0.1) is 10.1 Å². The topological polar surface area (TPSA) is 138 Å². The van der Waals surface area contributed by atoms with E-state index in [1.54, 1.807) is 4.98 Å². The predicted octanol–water partition coefficient (Wildman–Crippen LogP) is 1.62. The number of halogens is 1. The summed E-state index contributed by atoms with van der Waals surface area (Å²) in [6.45, 7) is 0. The first-order valence-corrected chi connectivity index (χ1v) is 6.88. The molecule has 0 aliphatic rings. The van der Waals surface area contributed by atoms with Crippen LogP contribution in [0.5, 0.6) is 11.5 Å². The number of nitrogens with one attached hydrogen (secondary N) is 2. The van der Waals surface area contributed by atoms with Gasteiger partial charge < -0.3 is 14.8 Å². The number of phenols is 1. The highest BCUT2D eigenvalue weighted by molar-refractivity contribution is 9.10. The summed E-state index contributed by atoms with van der Waals surface area (Å²) in [5.41, 5.74) is -2.82. The van der Waals surface area contributed by atoms with Crippen molar-refractivity contribution in [1.29, 1.82) is 0 Å². The molecule has 0 aliphatic heterocycles. The van der Waals surface area contributed by atoms with Crippen LogP contribution in [-0.2, 0) is 0 Å². The Morgan fingerprint density at radius 2 is 2.00 bits per heavy atom. The third-order valence-corrected chi connectivity index (χ3v) is 3.30. The van der Waals surface area contributed by atoms with Crippen molar-refractivity contribution in [2.75, 3.05) is 7.11 Å². The summed E-state index contributed by atoms with van der Waals surface area (Å²) in [5.74, 6) is -0.00489. The second-order valence-electron chi connectivity index (χ2n) is 4.31. The second-order valence-corrected chi connectivity index (χ2v) is 5.22. The highest BCUT2D eigenvalue weighted by Gasteiger charge is 2.19. The van der Waals surface area contributed by atoms with E-state index >= 15 is 0 Å². The SMILES string of the molecule is COc1cc(Br)cc(C=Cc2[nH]c(=O)[nH]c(=O)c2[N+](=O)[O-])c1O. The van der Waals surface area contributed by atoms with E-state index in [2.05, 4.69) is 20.9 Å². The largest absolute Gasteiger partial charge is 0.504 e. The molecule has 0 saturated carbocycles. The Kier molecular flexibility index (Phi) is 4.65. The van der Waals surface area contributed by atoms with Gasteiger partial charge in [-0.3, -0.25) is 19.9 Å². The molecule has 1 aromatic heterocycles. The van der Waals surface area contributed by atoms with Crippen LogP contribution in [0.25, 0.3) is 12.2 Å². The minimum atomic E-state index is -1.12. The van der Waals surface area contributed by atoms with E-state index in [0.717, 1.165) is 6.08 Å². The Labute approximate surface area is 136 Å². The molecule has 0 saturated heterocycles. The lowest BCUT2D eigenvalue weighted by molar-refractivity contribution is -0.386. The smallest absolute Gasteiger partial charge is 0.357 e. The fourth-order valence-corrected chi connectivity index (χ4v) is 2.30. The molecule has 120 valence electrons. The van der Waals surface area contributed by atoms with Crippen molar-refractivity contribution in [2.24, 2.45) is 0 Å². The molecule has 3 N–H and O–H groups in total. The molecule has 23 heavy (non-hydrogen) atoms. The lowest BCUT2D eigenvalue weighted by Gasteiger charge is -2.07. The van der Waals surface area contributed by atoms with Crippen LogP contribution < -0.4 is 16.0 Å². The molecule has 0 amide bonds. The number of phenolic OH excluding ortho intramolecular Hbond substituents is 1. The second kappa shape index (κ2) is 6.48. The fourth-order valence-electron chi connectivity index (χ4n) is 1.85. The zero-order chi connectivity index (χ0) is 17.1. The van der Waals surface area contributed by atoms with E-state index in [1.807, 2.05) is 0 Å². The van der Waals surface area contributed by atoms with Crippen LogP contribution in [0.3, 0.4) is 0 Å². The minimum absolute atomic E-state index is 0.188. The standard InChI is InChI=1S/C13H10BrN3O6/c1-23-9-5-7(14)4-6(11(9)18)2-3-8-10(17(21)22)12(19)16-13(20)15-8/h2-5,18H,1H3,(H2,15,16,19,20). The molecule has 1 heterocycles. The molecule has 0 radical (unpaired) electrons. The first-order valence-electron chi connectivity index (χ1n) is 6.09. The Morgan fingerprint density at radius 3 is 2.61 bits per heavy atom. The van der Waals surface area contributed by atoms with Crippen molar-refractivity contribution in [3.63, 3.8) is 0 Å². The molecule has 0 aliphatic carbocycles. The number of hydrogen-bond donors (Lipinski definition) is 3. The number of rotatable bonds is 4. The van der Waals surface area contributed by atoms with Crippen molar-refractivity contribution in [2.45, 2.75) is 0 Å². The molecule has 0 spiro atoms. The number of hydrogen-bond acceptors (Lipinski definition) is 6. The summed E-state index contributed by atoms with van der Waals surface area (Å²) < 4.78 is 5.58. The van der Waals surface area contributed by atoms with E-state index in [0.29, 0.717) is 4.47 Å². The molecule has 0 bridgehead atoms. The lowest BCUT2D eigenvalue weighted by Crippen LogP contribution is -2.25. The number of nitrogens with zero attached hydrogens (tertiary/aromatic N) is 1. The quantitative estimate of drug-likeness (QED) is 0.541. The maximum Gasteiger partial charge on any atom is 0.357 e. The lowest BCUT2D eigenvalue weighted by atomic mass is 10.1. The molecule has 10 heteroatoms. The summed E-state index contributed by atoms with van der Waals surface area (Å²) in [7, 11) is 1.37. The van der Waals surface area contributed by atoms with Gasteiger partial charge >= 0.3 is 16.9 Å². The van der Waals surface area contributed by atoms with Gasteiger partial charge in [0.2, 0.25) is 0 Å². The Balaban J connectivity index is 2.58. The van der Waals surface area contributed by atoms with Gasteiger partial charge in [0.1, 0.15) is 5.69 Å². The zero-order valence-electron chi connectivity index (χ0n) is 11.6. The third-order valence-electron chi connectivity index (χ3n) is 2.85. The van der Waals surface area contributed by atoms with E-state index in [1.165, 1.54) is 25.3 Å². The summed E-state index contributed by atoms with van der Waals surface area (Å²) in [6.07, 6.45) is 2.45. The van der Waals surface area contributed by atoms with Gasteiger partial charge in [0.15, 0.2) is 11.5 Å². The highest BCUT2D eigenvalue weighted by atomic mass is 79.9. The van der Waals surface area contributed by atoms with Gasteiger partial charge in [-0.2, -0.15) is 0 Å². The molecule has 9 nitrogen and oxygen atoms in total. The number of methoxy groups -OCH3 is 1. The summed E-state index contributed by atoms with van der Waals surface area (Å²) in [6, 6.07) is 3.07. The zero-order valence-corrected chi connectivity index (χ0v) is 13.2. The first kappa shape index (κ1) is 16.5. The van der Waals surface area contributed by atoms with Gasteiger partial charge in [0, 0.05) is 10.0 Å². The average Bonchev–Trinajstić information content (AvgIpc) is 2.46. The van der Waals surface area contributed by atoms with E-state index in [4.69, 9.17) is 4.74 Å². The molecule has 2 aromatic rings. The van der Waals surface area contributed by atoms with Gasteiger partial charge in [-0.15, -0.1) is 0 Å². The van der Waals surface area contributed by atoms with Crippen LogP contribution in [0.2, 0.25) is 0 Å². The summed E-state index contributed by atoms with van der Waals surface area (Å²) in [5, 5.41) is 20.9. The van der Waals surface area contributed by atoms with Gasteiger partial charge in [-0.25, -0.2) is 4.79 Å². The number of ether oxygens (including phenoxy) is 1. The van der Waals surface area contributed by atoms with E-state index in [-0.39, 0.29) is 22.8 Å². The molecule has 0 unspecified atom stereocenters. The fraction of sp³-hybridized carbons (Fsp3) is 0.0769. The normalized spacial score (nSPS) is 10.9. The maximum absolute atomic E-state index is 11.5. The number of aromatic nitrogens is 2. The minimum Gasteiger partial charge on any atom is -0.504 e. The molecule has 2 rings (SSSR count). The van der Waals surface area contributed by atoms with E-state index < -0.39 is 21.9 Å². The van der Waals surface area contributed by atoms with Crippen LogP contribution in [0.4, 0.5) is 5.69 Å². The highest BCUT2D eigenvalue weighted by Crippen LogP contribution is 2.34. The van der Waals surface area contributed by atoms with Crippen LogP contribution in [0.15, 0.2) is 26.2 Å². The van der Waals surface area contributed by atoms with Crippen molar-refractivity contribution >= 4 is 33.8 Å². The maximum atomic E-state index is 11.5. The first-order chi connectivity index (χ1) is 10.8. The van der Waals surface area contributed by atoms with Gasteiger partial charge in [0.25, 0.3) is 0 Å². The van der Waals surface area contributed by atoms with Gasteiger partial charge in [-0.05, 0) is 24.3 Å². The summed E-state index contributed by atoms with van der Waals surface area (Å²) in [4.78, 5) is 36.8. The Bertz CT molecular complexity index is 915. The van der Waals surface area contributed by atoms with Crippen molar-refractivity contribution in [3.8, 4) is 11.5 Å². The molecule has 0 fully saturated rings. The van der Waals surface area contributed by atoms with Gasteiger partial charge in [-0.1, -0.05) is 15.9 Å². The van der Waals surface area contributed by atoms with E-state index in [9.17, 15) is 24.8 Å². The number of benzene rings is 1. The monoisotopic (exact) mass is 383 g/mol. The van der Waals surface area contributed by atoms with Crippen LogP contribution >= 0.6 is 15.9 Å². The molecule has 1 aromatic carbocycles. The Hall–Kier alpha value is -2.88. The van der Waals surface area contributed by atoms with Crippen molar-refractivity contribution in [3.05, 3.63) is 58.8 Å². The third kappa shape index (κ3) is 3.48. The number of nitro groups is 1. The number of aromatic hydroxyl groups is 1. The van der Waals surface area contributed by atoms with Crippen molar-refractivity contribution in [1.82, 2.24) is 9.97 Å². The summed E-state index contributed by atoms with van der Waals surface area (Å²) >= 11 is 3.23. The molecule has 0 atom stereocenters. The van der Waals surface area contributed by atoms with Crippen molar-refractivity contribution < 1.29 is 14.8 Å². The Morgan fingerprint density at radius 1 is 1.30 bits per heavy atom. The number of H-pyrrole nitrogens is 2. The van der Waals surface area contributed by atoms with Crippen LogP contribution in [0.1, 0.15) is 11.3 Å².